The fourth-order valence-corrected chi connectivity index (χ4v) is 4.47. The second-order valence-corrected chi connectivity index (χ2v) is 8.64. The number of nitrogens with zero attached hydrogens (tertiary/aromatic N) is 1. The van der Waals surface area contributed by atoms with Gasteiger partial charge in [0, 0.05) is 39.3 Å². The van der Waals surface area contributed by atoms with Crippen molar-refractivity contribution in [1.82, 2.24) is 4.57 Å². The molecule has 0 saturated heterocycles. The zero-order valence-electron chi connectivity index (χ0n) is 18.9. The number of hydrogen-bond acceptors (Lipinski definition) is 4. The lowest BCUT2D eigenvalue weighted by Gasteiger charge is -2.16. The Kier molecular flexibility index (Phi) is 7.68. The number of esters is 1. The molecule has 0 bridgehead atoms. The second-order valence-electron chi connectivity index (χ2n) is 7.72. The zero-order chi connectivity index (χ0) is 23.2. The average Bonchev–Trinajstić information content (AvgIpc) is 3.13. The number of aromatic nitrogens is 1. The standard InChI is InChI=1S/C27H28BrNO4/c1-3-31-26(27(30)32-4-2)17-19-9-12-21(13-10-19)33-16-15-29-24-8-6-5-7-22(24)23-18-20(28)11-14-25(23)29/h5-14,18,26H,3-4,15-17H2,1-2H3/t26-/m0/s1. The van der Waals surface area contributed by atoms with Gasteiger partial charge in [-0.25, -0.2) is 4.79 Å². The van der Waals surface area contributed by atoms with E-state index in [-0.39, 0.29) is 5.97 Å². The Labute approximate surface area is 202 Å². The van der Waals surface area contributed by atoms with Gasteiger partial charge in [-0.2, -0.15) is 0 Å². The van der Waals surface area contributed by atoms with Crippen molar-refractivity contribution in [3.63, 3.8) is 0 Å². The van der Waals surface area contributed by atoms with Crippen molar-refractivity contribution in [2.24, 2.45) is 0 Å². The summed E-state index contributed by atoms with van der Waals surface area (Å²) in [6.45, 7) is 5.77. The second kappa shape index (κ2) is 10.9. The van der Waals surface area contributed by atoms with E-state index in [1.807, 2.05) is 31.2 Å². The van der Waals surface area contributed by atoms with Crippen molar-refractivity contribution < 1.29 is 19.0 Å². The molecule has 0 radical (unpaired) electrons. The first-order valence-corrected chi connectivity index (χ1v) is 12.1. The summed E-state index contributed by atoms with van der Waals surface area (Å²) < 4.78 is 20.1. The highest BCUT2D eigenvalue weighted by Gasteiger charge is 2.20. The molecule has 1 aromatic heterocycles. The predicted octanol–water partition coefficient (Wildman–Crippen LogP) is 6.15. The SMILES string of the molecule is CCOC(=O)[C@H](Cc1ccc(OCCn2c3ccccc3c3cc(Br)ccc32)cc1)OCC. The molecular weight excluding hydrogens is 482 g/mol. The lowest BCUT2D eigenvalue weighted by Crippen LogP contribution is -2.28. The van der Waals surface area contributed by atoms with Gasteiger partial charge in [0.25, 0.3) is 0 Å². The quantitative estimate of drug-likeness (QED) is 0.240. The number of carbonyl (C=O) groups is 1. The maximum absolute atomic E-state index is 12.1. The number of rotatable bonds is 10. The third kappa shape index (κ3) is 5.40. The number of hydrogen-bond donors (Lipinski definition) is 0. The van der Waals surface area contributed by atoms with Crippen molar-refractivity contribution in [3.05, 3.63) is 76.8 Å². The first-order chi connectivity index (χ1) is 16.1. The first-order valence-electron chi connectivity index (χ1n) is 11.3. The maximum Gasteiger partial charge on any atom is 0.335 e. The third-order valence-electron chi connectivity index (χ3n) is 5.58. The summed E-state index contributed by atoms with van der Waals surface area (Å²) in [4.78, 5) is 12.1. The van der Waals surface area contributed by atoms with Crippen molar-refractivity contribution in [2.45, 2.75) is 32.9 Å². The highest BCUT2D eigenvalue weighted by molar-refractivity contribution is 9.10. The summed E-state index contributed by atoms with van der Waals surface area (Å²) in [5.74, 6) is 0.476. The Morgan fingerprint density at radius 2 is 1.70 bits per heavy atom. The maximum atomic E-state index is 12.1. The van der Waals surface area contributed by atoms with Gasteiger partial charge < -0.3 is 18.8 Å². The van der Waals surface area contributed by atoms with Crippen molar-refractivity contribution >= 4 is 43.7 Å². The third-order valence-corrected chi connectivity index (χ3v) is 6.07. The van der Waals surface area contributed by atoms with Crippen LogP contribution in [-0.4, -0.2) is 36.5 Å². The average molecular weight is 510 g/mol. The molecule has 0 spiro atoms. The van der Waals surface area contributed by atoms with E-state index in [4.69, 9.17) is 14.2 Å². The van der Waals surface area contributed by atoms with Crippen LogP contribution in [-0.2, 0) is 27.2 Å². The van der Waals surface area contributed by atoms with Crippen LogP contribution >= 0.6 is 15.9 Å². The number of ether oxygens (including phenoxy) is 3. The fraction of sp³-hybridized carbons (Fsp3) is 0.296. The number of halogens is 1. The molecule has 3 aromatic carbocycles. The van der Waals surface area contributed by atoms with Crippen LogP contribution in [0.2, 0.25) is 0 Å². The van der Waals surface area contributed by atoms with Crippen LogP contribution in [0.4, 0.5) is 0 Å². The van der Waals surface area contributed by atoms with Gasteiger partial charge >= 0.3 is 5.97 Å². The van der Waals surface area contributed by atoms with Crippen LogP contribution < -0.4 is 4.74 Å². The number of para-hydroxylation sites is 1. The van der Waals surface area contributed by atoms with Gasteiger partial charge in [0.15, 0.2) is 6.10 Å². The largest absolute Gasteiger partial charge is 0.492 e. The Morgan fingerprint density at radius 3 is 2.45 bits per heavy atom. The summed E-state index contributed by atoms with van der Waals surface area (Å²) in [7, 11) is 0. The molecule has 0 saturated carbocycles. The van der Waals surface area contributed by atoms with Crippen molar-refractivity contribution in [3.8, 4) is 5.75 Å². The molecule has 172 valence electrons. The van der Waals surface area contributed by atoms with Crippen LogP contribution in [0.3, 0.4) is 0 Å². The number of fused-ring (bicyclic) bond motifs is 3. The first kappa shape index (κ1) is 23.3. The zero-order valence-corrected chi connectivity index (χ0v) is 20.5. The van der Waals surface area contributed by atoms with E-state index < -0.39 is 6.10 Å². The molecule has 0 aliphatic rings. The van der Waals surface area contributed by atoms with Crippen LogP contribution in [0.15, 0.2) is 71.2 Å². The molecule has 0 N–H and O–H groups in total. The molecule has 1 atom stereocenters. The van der Waals surface area contributed by atoms with Gasteiger partial charge in [-0.15, -0.1) is 0 Å². The summed E-state index contributed by atoms with van der Waals surface area (Å²) in [5, 5.41) is 2.47. The van der Waals surface area contributed by atoms with Crippen LogP contribution in [0.5, 0.6) is 5.75 Å². The van der Waals surface area contributed by atoms with Crippen molar-refractivity contribution in [2.75, 3.05) is 19.8 Å². The number of carbonyl (C=O) groups excluding carboxylic acids is 1. The van der Waals surface area contributed by atoms with Gasteiger partial charge in [-0.05, 0) is 55.8 Å². The van der Waals surface area contributed by atoms with E-state index in [1.54, 1.807) is 6.92 Å². The molecule has 0 aliphatic heterocycles. The van der Waals surface area contributed by atoms with Crippen LogP contribution in [0.1, 0.15) is 19.4 Å². The van der Waals surface area contributed by atoms with E-state index in [1.165, 1.54) is 21.8 Å². The molecule has 1 heterocycles. The normalized spacial score (nSPS) is 12.2. The van der Waals surface area contributed by atoms with Crippen LogP contribution in [0, 0.1) is 0 Å². The Hall–Kier alpha value is -2.83. The minimum absolute atomic E-state index is 0.321. The van der Waals surface area contributed by atoms with E-state index in [2.05, 4.69) is 63.0 Å². The summed E-state index contributed by atoms with van der Waals surface area (Å²) >= 11 is 3.59. The molecule has 33 heavy (non-hydrogen) atoms. The summed E-state index contributed by atoms with van der Waals surface area (Å²) in [6.07, 6.45) is -0.110. The van der Waals surface area contributed by atoms with Gasteiger partial charge in [0.05, 0.1) is 13.2 Å². The summed E-state index contributed by atoms with van der Waals surface area (Å²) in [5.41, 5.74) is 3.39. The lowest BCUT2D eigenvalue weighted by molar-refractivity contribution is -0.156. The number of benzene rings is 3. The van der Waals surface area contributed by atoms with Gasteiger partial charge in [-0.3, -0.25) is 0 Å². The fourth-order valence-electron chi connectivity index (χ4n) is 4.10. The van der Waals surface area contributed by atoms with Gasteiger partial charge in [0.1, 0.15) is 12.4 Å². The minimum atomic E-state index is -0.586. The monoisotopic (exact) mass is 509 g/mol. The smallest absolute Gasteiger partial charge is 0.335 e. The molecule has 4 aromatic rings. The highest BCUT2D eigenvalue weighted by atomic mass is 79.9. The molecule has 6 heteroatoms. The molecular formula is C27H28BrNO4. The van der Waals surface area contributed by atoms with E-state index >= 15 is 0 Å². The molecule has 0 amide bonds. The van der Waals surface area contributed by atoms with E-state index in [0.29, 0.717) is 26.2 Å². The van der Waals surface area contributed by atoms with E-state index in [0.717, 1.165) is 22.3 Å². The minimum Gasteiger partial charge on any atom is -0.492 e. The molecule has 5 nitrogen and oxygen atoms in total. The van der Waals surface area contributed by atoms with Crippen molar-refractivity contribution in [1.29, 1.82) is 0 Å². The molecule has 0 aliphatic carbocycles. The molecule has 4 rings (SSSR count). The van der Waals surface area contributed by atoms with Crippen LogP contribution in [0.25, 0.3) is 21.8 Å². The van der Waals surface area contributed by atoms with E-state index in [9.17, 15) is 4.79 Å². The van der Waals surface area contributed by atoms with Gasteiger partial charge in [0.2, 0.25) is 0 Å². The lowest BCUT2D eigenvalue weighted by atomic mass is 10.1. The Bertz CT molecular complexity index is 1230. The topological polar surface area (TPSA) is 49.7 Å². The van der Waals surface area contributed by atoms with Gasteiger partial charge in [-0.1, -0.05) is 46.3 Å². The summed E-state index contributed by atoms with van der Waals surface area (Å²) in [6, 6.07) is 22.6. The molecule has 0 fully saturated rings. The predicted molar refractivity (Wildman–Crippen MR) is 135 cm³/mol. The Balaban J connectivity index is 1.42. The molecule has 0 unspecified atom stereocenters. The highest BCUT2D eigenvalue weighted by Crippen LogP contribution is 2.31. The Morgan fingerprint density at radius 1 is 0.939 bits per heavy atom.